The normalized spacial score (nSPS) is 16.2. The van der Waals surface area contributed by atoms with Gasteiger partial charge in [-0.1, -0.05) is 30.3 Å². The van der Waals surface area contributed by atoms with E-state index in [0.717, 1.165) is 26.1 Å². The quantitative estimate of drug-likeness (QED) is 0.855. The van der Waals surface area contributed by atoms with Gasteiger partial charge in [0, 0.05) is 29.4 Å². The highest BCUT2D eigenvalue weighted by atomic mass is 32.2. The summed E-state index contributed by atoms with van der Waals surface area (Å²) >= 11 is 1.83. The van der Waals surface area contributed by atoms with Gasteiger partial charge in [0.05, 0.1) is 12.7 Å². The molecule has 2 aromatic carbocycles. The van der Waals surface area contributed by atoms with Crippen molar-refractivity contribution in [3.63, 3.8) is 0 Å². The molecular formula is C20H23NO3S. The molecule has 0 saturated carbocycles. The van der Waals surface area contributed by atoms with Crippen LogP contribution in [0, 0.1) is 0 Å². The summed E-state index contributed by atoms with van der Waals surface area (Å²) in [6, 6.07) is 17.6. The highest BCUT2D eigenvalue weighted by Crippen LogP contribution is 2.40. The van der Waals surface area contributed by atoms with Gasteiger partial charge < -0.3 is 14.8 Å². The molecule has 0 atom stereocenters. The van der Waals surface area contributed by atoms with Gasteiger partial charge in [-0.3, -0.25) is 4.79 Å². The Kier molecular flexibility index (Phi) is 6.00. The molecule has 1 amide bonds. The van der Waals surface area contributed by atoms with Crippen LogP contribution in [0.5, 0.6) is 5.75 Å². The monoisotopic (exact) mass is 357 g/mol. The van der Waals surface area contributed by atoms with E-state index in [1.54, 1.807) is 19.2 Å². The first-order valence-corrected chi connectivity index (χ1v) is 9.27. The molecule has 0 bridgehead atoms. The van der Waals surface area contributed by atoms with E-state index in [0.29, 0.717) is 17.9 Å². The molecule has 1 heterocycles. The maximum absolute atomic E-state index is 12.6. The fourth-order valence-corrected chi connectivity index (χ4v) is 4.27. The number of amides is 1. The summed E-state index contributed by atoms with van der Waals surface area (Å²) in [6.45, 7) is 2.06. The van der Waals surface area contributed by atoms with E-state index in [2.05, 4.69) is 17.4 Å². The van der Waals surface area contributed by atoms with E-state index in [4.69, 9.17) is 9.47 Å². The maximum atomic E-state index is 12.6. The lowest BCUT2D eigenvalue weighted by Crippen LogP contribution is -2.44. The van der Waals surface area contributed by atoms with Gasteiger partial charge in [0.1, 0.15) is 5.75 Å². The second-order valence-corrected chi connectivity index (χ2v) is 7.64. The molecule has 1 N–H and O–H groups in total. The molecule has 2 aromatic rings. The predicted octanol–water partition coefficient (Wildman–Crippen LogP) is 3.77. The average molecular weight is 357 g/mol. The molecule has 0 aliphatic carbocycles. The zero-order chi connectivity index (χ0) is 17.5. The summed E-state index contributed by atoms with van der Waals surface area (Å²) in [5.74, 6) is 0.494. The highest BCUT2D eigenvalue weighted by molar-refractivity contribution is 8.00. The van der Waals surface area contributed by atoms with E-state index in [1.807, 2.05) is 42.1 Å². The van der Waals surface area contributed by atoms with Crippen LogP contribution in [0.1, 0.15) is 23.2 Å². The van der Waals surface area contributed by atoms with E-state index < -0.39 is 0 Å². The third kappa shape index (κ3) is 4.55. The minimum Gasteiger partial charge on any atom is -0.496 e. The molecule has 25 heavy (non-hydrogen) atoms. The summed E-state index contributed by atoms with van der Waals surface area (Å²) in [5, 5.41) is 3.11. The average Bonchev–Trinajstić information content (AvgIpc) is 2.67. The number of thioether (sulfide) groups is 1. The second kappa shape index (κ2) is 8.41. The Bertz CT molecular complexity index is 699. The van der Waals surface area contributed by atoms with Crippen molar-refractivity contribution in [2.24, 2.45) is 0 Å². The van der Waals surface area contributed by atoms with Gasteiger partial charge in [-0.2, -0.15) is 0 Å². The van der Waals surface area contributed by atoms with Crippen LogP contribution in [0.15, 0.2) is 59.5 Å². The second-order valence-electron chi connectivity index (χ2n) is 6.09. The van der Waals surface area contributed by atoms with E-state index in [9.17, 15) is 4.79 Å². The molecule has 4 nitrogen and oxygen atoms in total. The van der Waals surface area contributed by atoms with Gasteiger partial charge in [-0.05, 0) is 37.1 Å². The lowest BCUT2D eigenvalue weighted by atomic mass is 9.99. The lowest BCUT2D eigenvalue weighted by molar-refractivity contribution is 0.0740. The Labute approximate surface area is 152 Å². The number of benzene rings is 2. The number of carbonyl (C=O) groups excluding carboxylic acids is 1. The zero-order valence-corrected chi connectivity index (χ0v) is 15.2. The number of rotatable bonds is 6. The number of nitrogens with one attached hydrogen (secondary N) is 1. The third-order valence-electron chi connectivity index (χ3n) is 4.40. The van der Waals surface area contributed by atoms with Crippen molar-refractivity contribution in [3.8, 4) is 5.75 Å². The highest BCUT2D eigenvalue weighted by Gasteiger charge is 2.34. The molecular weight excluding hydrogens is 334 g/mol. The summed E-state index contributed by atoms with van der Waals surface area (Å²) in [6.07, 6.45) is 1.83. The zero-order valence-electron chi connectivity index (χ0n) is 14.4. The summed E-state index contributed by atoms with van der Waals surface area (Å²) in [5.41, 5.74) is 0.567. The molecule has 0 spiro atoms. The van der Waals surface area contributed by atoms with Gasteiger partial charge in [0.2, 0.25) is 0 Å². The Morgan fingerprint density at radius 2 is 1.80 bits per heavy atom. The minimum atomic E-state index is -0.100. The van der Waals surface area contributed by atoms with E-state index >= 15 is 0 Å². The largest absolute Gasteiger partial charge is 0.496 e. The van der Waals surface area contributed by atoms with Crippen LogP contribution in [0.25, 0.3) is 0 Å². The first-order valence-electron chi connectivity index (χ1n) is 8.45. The van der Waals surface area contributed by atoms with E-state index in [-0.39, 0.29) is 10.7 Å². The van der Waals surface area contributed by atoms with Gasteiger partial charge in [-0.15, -0.1) is 11.8 Å². The molecule has 0 radical (unpaired) electrons. The smallest absolute Gasteiger partial charge is 0.255 e. The van der Waals surface area contributed by atoms with Crippen molar-refractivity contribution in [1.29, 1.82) is 0 Å². The third-order valence-corrected chi connectivity index (χ3v) is 5.90. The molecule has 0 unspecified atom stereocenters. The molecule has 0 aromatic heterocycles. The standard InChI is InChI=1S/C20H23NO3S/c1-23-18-10-6-5-9-17(18)19(22)21-15-20(11-13-24-14-12-20)25-16-7-3-2-4-8-16/h2-10H,11-15H2,1H3,(H,21,22). The molecule has 1 fully saturated rings. The van der Waals surface area contributed by atoms with Crippen molar-refractivity contribution in [2.45, 2.75) is 22.5 Å². The Balaban J connectivity index is 1.71. The van der Waals surface area contributed by atoms with Gasteiger partial charge in [-0.25, -0.2) is 0 Å². The van der Waals surface area contributed by atoms with Gasteiger partial charge >= 0.3 is 0 Å². The summed E-state index contributed by atoms with van der Waals surface area (Å²) in [4.78, 5) is 13.8. The summed E-state index contributed by atoms with van der Waals surface area (Å²) in [7, 11) is 1.58. The fraction of sp³-hybridized carbons (Fsp3) is 0.350. The lowest BCUT2D eigenvalue weighted by Gasteiger charge is -2.36. The van der Waals surface area contributed by atoms with Crippen LogP contribution in [-0.4, -0.2) is 37.5 Å². The van der Waals surface area contributed by atoms with Crippen molar-refractivity contribution >= 4 is 17.7 Å². The number of para-hydroxylation sites is 1. The van der Waals surface area contributed by atoms with Crippen molar-refractivity contribution < 1.29 is 14.3 Å². The number of ether oxygens (including phenoxy) is 2. The Hall–Kier alpha value is -1.98. The van der Waals surface area contributed by atoms with Crippen LogP contribution < -0.4 is 10.1 Å². The van der Waals surface area contributed by atoms with Crippen LogP contribution in [0.3, 0.4) is 0 Å². The molecule has 3 rings (SSSR count). The van der Waals surface area contributed by atoms with Crippen LogP contribution >= 0.6 is 11.8 Å². The molecule has 1 aliphatic rings. The van der Waals surface area contributed by atoms with E-state index in [1.165, 1.54) is 4.90 Å². The number of carbonyl (C=O) groups is 1. The molecule has 132 valence electrons. The van der Waals surface area contributed by atoms with Crippen LogP contribution in [0.4, 0.5) is 0 Å². The number of methoxy groups -OCH3 is 1. The Morgan fingerprint density at radius 3 is 2.52 bits per heavy atom. The van der Waals surface area contributed by atoms with Crippen molar-refractivity contribution in [3.05, 3.63) is 60.2 Å². The number of hydrogen-bond donors (Lipinski definition) is 1. The molecule has 1 saturated heterocycles. The topological polar surface area (TPSA) is 47.6 Å². The number of hydrogen-bond acceptors (Lipinski definition) is 4. The first-order chi connectivity index (χ1) is 12.2. The first kappa shape index (κ1) is 17.8. The molecule has 1 aliphatic heterocycles. The predicted molar refractivity (Wildman–Crippen MR) is 100 cm³/mol. The van der Waals surface area contributed by atoms with Gasteiger partial charge in [0.15, 0.2) is 0 Å². The van der Waals surface area contributed by atoms with Crippen molar-refractivity contribution in [1.82, 2.24) is 5.32 Å². The molecule has 5 heteroatoms. The maximum Gasteiger partial charge on any atom is 0.255 e. The fourth-order valence-electron chi connectivity index (χ4n) is 2.97. The summed E-state index contributed by atoms with van der Waals surface area (Å²) < 4.78 is 10.8. The van der Waals surface area contributed by atoms with Crippen molar-refractivity contribution in [2.75, 3.05) is 26.9 Å². The minimum absolute atomic E-state index is 0.0444. The Morgan fingerprint density at radius 1 is 1.12 bits per heavy atom. The van der Waals surface area contributed by atoms with Gasteiger partial charge in [0.25, 0.3) is 5.91 Å². The van der Waals surface area contributed by atoms with Crippen LogP contribution in [0.2, 0.25) is 0 Å². The van der Waals surface area contributed by atoms with Crippen LogP contribution in [-0.2, 0) is 4.74 Å². The SMILES string of the molecule is COc1ccccc1C(=O)NCC1(Sc2ccccc2)CCOCC1.